The first-order chi connectivity index (χ1) is 11.2. The van der Waals surface area contributed by atoms with Crippen LogP contribution in [0.2, 0.25) is 0 Å². The van der Waals surface area contributed by atoms with E-state index in [1.165, 1.54) is 12.1 Å². The number of carbonyl (C=O) groups is 1. The minimum absolute atomic E-state index is 0.211. The maximum absolute atomic E-state index is 13.1. The van der Waals surface area contributed by atoms with E-state index in [0.717, 1.165) is 44.5 Å². The summed E-state index contributed by atoms with van der Waals surface area (Å²) in [7, 11) is 0. The number of benzene rings is 1. The van der Waals surface area contributed by atoms with Crippen LogP contribution in [0.5, 0.6) is 0 Å². The molecular weight excluding hydrogens is 293 g/mol. The van der Waals surface area contributed by atoms with E-state index in [1.807, 2.05) is 27.8 Å². The fourth-order valence-corrected chi connectivity index (χ4v) is 3.61. The summed E-state index contributed by atoms with van der Waals surface area (Å²) >= 11 is 0. The van der Waals surface area contributed by atoms with E-state index in [4.69, 9.17) is 0 Å². The van der Waals surface area contributed by atoms with Gasteiger partial charge in [-0.1, -0.05) is 12.1 Å². The monoisotopic (exact) mass is 313 g/mol. The SMILES string of the molecule is O=C(N1CC[C@@H](c2ccc(F)cc2)C1)C1(Cn2ccnc2)CC1. The Bertz CT molecular complexity index is 692. The maximum Gasteiger partial charge on any atom is 0.230 e. The first kappa shape index (κ1) is 14.4. The molecule has 4 nitrogen and oxygen atoms in total. The molecule has 0 radical (unpaired) electrons. The van der Waals surface area contributed by atoms with Gasteiger partial charge in [-0.05, 0) is 37.0 Å². The lowest BCUT2D eigenvalue weighted by Crippen LogP contribution is -2.37. The zero-order valence-corrected chi connectivity index (χ0v) is 13.0. The molecule has 1 aromatic heterocycles. The normalized spacial score (nSPS) is 22.3. The number of amides is 1. The van der Waals surface area contributed by atoms with Gasteiger partial charge in [-0.3, -0.25) is 4.79 Å². The third kappa shape index (κ3) is 2.76. The van der Waals surface area contributed by atoms with E-state index < -0.39 is 0 Å². The van der Waals surface area contributed by atoms with Gasteiger partial charge >= 0.3 is 0 Å². The molecule has 1 amide bonds. The quantitative estimate of drug-likeness (QED) is 0.870. The van der Waals surface area contributed by atoms with E-state index in [1.54, 1.807) is 12.5 Å². The lowest BCUT2D eigenvalue weighted by molar-refractivity contribution is -0.136. The molecule has 2 aliphatic rings. The van der Waals surface area contributed by atoms with Crippen LogP contribution in [0.1, 0.15) is 30.7 Å². The molecule has 0 bridgehead atoms. The Morgan fingerprint density at radius 2 is 2.09 bits per heavy atom. The van der Waals surface area contributed by atoms with E-state index in [0.29, 0.717) is 5.92 Å². The van der Waals surface area contributed by atoms with E-state index in [2.05, 4.69) is 4.98 Å². The van der Waals surface area contributed by atoms with Crippen LogP contribution in [-0.4, -0.2) is 33.4 Å². The molecule has 1 saturated carbocycles. The van der Waals surface area contributed by atoms with Gasteiger partial charge in [0.1, 0.15) is 5.82 Å². The van der Waals surface area contributed by atoms with Gasteiger partial charge in [0.05, 0.1) is 11.7 Å². The van der Waals surface area contributed by atoms with Crippen molar-refractivity contribution in [3.8, 4) is 0 Å². The second-order valence-corrected chi connectivity index (χ2v) is 6.80. The number of halogens is 1. The first-order valence-corrected chi connectivity index (χ1v) is 8.17. The Morgan fingerprint density at radius 1 is 1.30 bits per heavy atom. The molecule has 0 spiro atoms. The molecule has 1 aromatic carbocycles. The predicted octanol–water partition coefficient (Wildman–Crippen LogP) is 2.82. The van der Waals surface area contributed by atoms with Crippen LogP contribution in [0.4, 0.5) is 4.39 Å². The van der Waals surface area contributed by atoms with Crippen molar-refractivity contribution in [1.82, 2.24) is 14.5 Å². The predicted molar refractivity (Wildman–Crippen MR) is 84.2 cm³/mol. The number of aromatic nitrogens is 2. The van der Waals surface area contributed by atoms with E-state index >= 15 is 0 Å². The topological polar surface area (TPSA) is 38.1 Å². The summed E-state index contributed by atoms with van der Waals surface area (Å²) in [5.74, 6) is 0.386. The van der Waals surface area contributed by atoms with Crippen LogP contribution in [0.3, 0.4) is 0 Å². The number of carbonyl (C=O) groups excluding carboxylic acids is 1. The summed E-state index contributed by atoms with van der Waals surface area (Å²) < 4.78 is 15.0. The van der Waals surface area contributed by atoms with Crippen LogP contribution in [0, 0.1) is 11.2 Å². The summed E-state index contributed by atoms with van der Waals surface area (Å²) in [6.45, 7) is 2.27. The first-order valence-electron chi connectivity index (χ1n) is 8.17. The second-order valence-electron chi connectivity index (χ2n) is 6.80. The van der Waals surface area contributed by atoms with Gasteiger partial charge in [0, 0.05) is 37.9 Å². The van der Waals surface area contributed by atoms with Gasteiger partial charge in [-0.15, -0.1) is 0 Å². The highest BCUT2D eigenvalue weighted by Gasteiger charge is 2.52. The average molecular weight is 313 g/mol. The number of rotatable bonds is 4. The van der Waals surface area contributed by atoms with Crippen LogP contribution in [0.15, 0.2) is 43.0 Å². The highest BCUT2D eigenvalue weighted by Crippen LogP contribution is 2.49. The smallest absolute Gasteiger partial charge is 0.230 e. The Labute approximate surface area is 134 Å². The van der Waals surface area contributed by atoms with Gasteiger partial charge in [0.2, 0.25) is 5.91 Å². The van der Waals surface area contributed by atoms with Crippen molar-refractivity contribution < 1.29 is 9.18 Å². The molecule has 23 heavy (non-hydrogen) atoms. The second kappa shape index (κ2) is 5.48. The third-order valence-corrected chi connectivity index (χ3v) is 5.17. The Kier molecular flexibility index (Phi) is 3.43. The molecule has 4 rings (SSSR count). The van der Waals surface area contributed by atoms with Crippen molar-refractivity contribution in [3.63, 3.8) is 0 Å². The van der Waals surface area contributed by atoms with Crippen molar-refractivity contribution in [1.29, 1.82) is 0 Å². The molecule has 0 N–H and O–H groups in total. The number of hydrogen-bond acceptors (Lipinski definition) is 2. The maximum atomic E-state index is 13.1. The third-order valence-electron chi connectivity index (χ3n) is 5.17. The van der Waals surface area contributed by atoms with Crippen LogP contribution >= 0.6 is 0 Å². The van der Waals surface area contributed by atoms with E-state index in [-0.39, 0.29) is 17.1 Å². The molecule has 2 aromatic rings. The van der Waals surface area contributed by atoms with Gasteiger partial charge in [0.15, 0.2) is 0 Å². The fraction of sp³-hybridized carbons (Fsp3) is 0.444. The zero-order chi connectivity index (χ0) is 15.9. The number of likely N-dealkylation sites (tertiary alicyclic amines) is 1. The summed E-state index contributed by atoms with van der Waals surface area (Å²) in [6, 6.07) is 6.68. The van der Waals surface area contributed by atoms with Crippen molar-refractivity contribution in [2.75, 3.05) is 13.1 Å². The summed E-state index contributed by atoms with van der Waals surface area (Å²) in [6.07, 6.45) is 8.32. The lowest BCUT2D eigenvalue weighted by atomic mass is 9.98. The number of hydrogen-bond donors (Lipinski definition) is 0. The van der Waals surface area contributed by atoms with Crippen molar-refractivity contribution in [3.05, 3.63) is 54.4 Å². The van der Waals surface area contributed by atoms with Crippen LogP contribution < -0.4 is 0 Å². The van der Waals surface area contributed by atoms with Gasteiger partial charge in [-0.2, -0.15) is 0 Å². The highest BCUT2D eigenvalue weighted by atomic mass is 19.1. The molecule has 2 heterocycles. The lowest BCUT2D eigenvalue weighted by Gasteiger charge is -2.23. The fourth-order valence-electron chi connectivity index (χ4n) is 3.61. The largest absolute Gasteiger partial charge is 0.342 e. The molecule has 1 aliphatic heterocycles. The average Bonchev–Trinajstić information content (AvgIpc) is 2.97. The zero-order valence-electron chi connectivity index (χ0n) is 13.0. The Morgan fingerprint density at radius 3 is 2.74 bits per heavy atom. The molecule has 1 saturated heterocycles. The minimum Gasteiger partial charge on any atom is -0.342 e. The summed E-state index contributed by atoms with van der Waals surface area (Å²) in [5, 5.41) is 0. The van der Waals surface area contributed by atoms with Gasteiger partial charge in [0.25, 0.3) is 0 Å². The summed E-state index contributed by atoms with van der Waals surface area (Å²) in [5.41, 5.74) is 0.902. The number of nitrogens with zero attached hydrogens (tertiary/aromatic N) is 3. The molecule has 2 fully saturated rings. The molecule has 1 atom stereocenters. The molecule has 120 valence electrons. The van der Waals surface area contributed by atoms with E-state index in [9.17, 15) is 9.18 Å². The van der Waals surface area contributed by atoms with Gasteiger partial charge in [-0.25, -0.2) is 9.37 Å². The minimum atomic E-state index is -0.224. The highest BCUT2D eigenvalue weighted by molar-refractivity contribution is 5.85. The Hall–Kier alpha value is -2.17. The molecular formula is C18H20FN3O. The number of imidazole rings is 1. The van der Waals surface area contributed by atoms with Crippen LogP contribution in [-0.2, 0) is 11.3 Å². The Balaban J connectivity index is 1.43. The van der Waals surface area contributed by atoms with Crippen molar-refractivity contribution >= 4 is 5.91 Å². The summed E-state index contributed by atoms with van der Waals surface area (Å²) in [4.78, 5) is 19.0. The molecule has 0 unspecified atom stereocenters. The van der Waals surface area contributed by atoms with Crippen LogP contribution in [0.25, 0.3) is 0 Å². The van der Waals surface area contributed by atoms with Gasteiger partial charge < -0.3 is 9.47 Å². The van der Waals surface area contributed by atoms with Crippen molar-refractivity contribution in [2.45, 2.75) is 31.7 Å². The molecule has 5 heteroatoms. The van der Waals surface area contributed by atoms with Crippen molar-refractivity contribution in [2.24, 2.45) is 5.41 Å². The molecule has 1 aliphatic carbocycles. The standard InChI is InChI=1S/C18H20FN3O/c19-16-3-1-14(2-4-16)15-5-9-22(11-15)17(23)18(6-7-18)12-21-10-8-20-13-21/h1-4,8,10,13,15H,5-7,9,11-12H2/t15-/m1/s1.